The summed E-state index contributed by atoms with van der Waals surface area (Å²) < 4.78 is 0. The van der Waals surface area contributed by atoms with Gasteiger partial charge in [0.1, 0.15) is 0 Å². The number of rotatable bonds is 6. The van der Waals surface area contributed by atoms with Crippen LogP contribution in [0.1, 0.15) is 24.2 Å². The first-order valence-electron chi connectivity index (χ1n) is 6.73. The number of aliphatic carboxylic acids is 1. The highest BCUT2D eigenvalue weighted by molar-refractivity contribution is 6.08. The molecule has 0 aliphatic rings. The number of carbonyl (C=O) groups excluding carboxylic acids is 1. The van der Waals surface area contributed by atoms with Gasteiger partial charge in [-0.05, 0) is 42.7 Å². The summed E-state index contributed by atoms with van der Waals surface area (Å²) in [6, 6.07) is 7.39. The number of ketones is 1. The monoisotopic (exact) mass is 287 g/mol. The second-order valence-corrected chi connectivity index (χ2v) is 5.18. The van der Waals surface area contributed by atoms with E-state index in [-0.39, 0.29) is 11.7 Å². The summed E-state index contributed by atoms with van der Waals surface area (Å²) in [7, 11) is 3.89. The molecule has 4 heteroatoms. The van der Waals surface area contributed by atoms with Crippen molar-refractivity contribution in [3.8, 4) is 0 Å². The van der Waals surface area contributed by atoms with Crippen LogP contribution in [0.4, 0.5) is 5.69 Å². The van der Waals surface area contributed by atoms with Crippen molar-refractivity contribution in [2.45, 2.75) is 13.8 Å². The molecule has 1 atom stereocenters. The maximum Gasteiger partial charge on any atom is 0.327 e. The van der Waals surface area contributed by atoms with Gasteiger partial charge in [0.15, 0.2) is 5.78 Å². The van der Waals surface area contributed by atoms with E-state index in [9.17, 15) is 9.59 Å². The minimum atomic E-state index is -0.987. The molecular weight excluding hydrogens is 266 g/mol. The molecule has 0 amide bonds. The van der Waals surface area contributed by atoms with Gasteiger partial charge in [-0.2, -0.15) is 0 Å². The molecule has 1 rings (SSSR count). The van der Waals surface area contributed by atoms with Gasteiger partial charge in [0, 0.05) is 31.4 Å². The highest BCUT2D eigenvalue weighted by Crippen LogP contribution is 2.16. The molecule has 1 aromatic rings. The molecule has 0 heterocycles. The van der Waals surface area contributed by atoms with Crippen molar-refractivity contribution >= 4 is 17.4 Å². The number of nitrogens with zero attached hydrogens (tertiary/aromatic N) is 1. The van der Waals surface area contributed by atoms with E-state index in [0.717, 1.165) is 11.8 Å². The summed E-state index contributed by atoms with van der Waals surface area (Å²) in [5.74, 6) is -1.14. The molecule has 0 aliphatic heterocycles. The molecule has 4 nitrogen and oxygen atoms in total. The SMILES string of the molecule is C/C(=C\C(C)/C=C/C(=O)O)C(=O)c1ccc(N(C)C)cc1. The van der Waals surface area contributed by atoms with Crippen LogP contribution < -0.4 is 4.90 Å². The lowest BCUT2D eigenvalue weighted by atomic mass is 10.00. The largest absolute Gasteiger partial charge is 0.478 e. The van der Waals surface area contributed by atoms with Crippen molar-refractivity contribution in [2.24, 2.45) is 5.92 Å². The highest BCUT2D eigenvalue weighted by atomic mass is 16.4. The molecule has 0 radical (unpaired) electrons. The van der Waals surface area contributed by atoms with E-state index in [2.05, 4.69) is 0 Å². The molecule has 21 heavy (non-hydrogen) atoms. The molecule has 0 saturated heterocycles. The third kappa shape index (κ3) is 5.26. The Labute approximate surface area is 125 Å². The number of carboxylic acid groups (broad SMARTS) is 1. The Morgan fingerprint density at radius 1 is 1.19 bits per heavy atom. The Kier molecular flexibility index (Phi) is 5.91. The topological polar surface area (TPSA) is 57.6 Å². The molecule has 0 spiro atoms. The maximum absolute atomic E-state index is 12.3. The second kappa shape index (κ2) is 7.43. The van der Waals surface area contributed by atoms with Gasteiger partial charge < -0.3 is 10.0 Å². The van der Waals surface area contributed by atoms with E-state index in [1.165, 1.54) is 0 Å². The summed E-state index contributed by atoms with van der Waals surface area (Å²) in [6.07, 6.45) is 4.40. The van der Waals surface area contributed by atoms with Crippen LogP contribution in [0.15, 0.2) is 48.1 Å². The first-order valence-corrected chi connectivity index (χ1v) is 6.73. The summed E-state index contributed by atoms with van der Waals surface area (Å²) in [4.78, 5) is 24.7. The smallest absolute Gasteiger partial charge is 0.327 e. The first kappa shape index (κ1) is 16.7. The molecule has 1 N–H and O–H groups in total. The fourth-order valence-corrected chi connectivity index (χ4v) is 1.90. The van der Waals surface area contributed by atoms with E-state index in [4.69, 9.17) is 5.11 Å². The van der Waals surface area contributed by atoms with Crippen molar-refractivity contribution < 1.29 is 14.7 Å². The zero-order chi connectivity index (χ0) is 16.0. The third-order valence-corrected chi connectivity index (χ3v) is 3.06. The van der Waals surface area contributed by atoms with E-state index in [0.29, 0.717) is 11.1 Å². The summed E-state index contributed by atoms with van der Waals surface area (Å²) in [5.41, 5.74) is 2.27. The number of hydrogen-bond acceptors (Lipinski definition) is 3. The van der Waals surface area contributed by atoms with Gasteiger partial charge in [-0.1, -0.05) is 19.1 Å². The third-order valence-electron chi connectivity index (χ3n) is 3.06. The molecule has 1 aromatic carbocycles. The van der Waals surface area contributed by atoms with Gasteiger partial charge in [0.2, 0.25) is 0 Å². The number of anilines is 1. The second-order valence-electron chi connectivity index (χ2n) is 5.18. The standard InChI is InChI=1S/C17H21NO3/c1-12(5-10-16(19)20)11-13(2)17(21)14-6-8-15(9-7-14)18(3)4/h5-12H,1-4H3,(H,19,20)/b10-5+,13-11+. The van der Waals surface area contributed by atoms with Crippen LogP contribution in [0, 0.1) is 5.92 Å². The molecule has 0 aliphatic carbocycles. The van der Waals surface area contributed by atoms with Crippen LogP contribution in [-0.2, 0) is 4.79 Å². The summed E-state index contributed by atoms with van der Waals surface area (Å²) >= 11 is 0. The van der Waals surface area contributed by atoms with Crippen molar-refractivity contribution in [3.63, 3.8) is 0 Å². The Bertz CT molecular complexity index is 568. The average Bonchev–Trinajstić information content (AvgIpc) is 2.44. The zero-order valence-corrected chi connectivity index (χ0v) is 12.8. The van der Waals surface area contributed by atoms with Crippen LogP contribution >= 0.6 is 0 Å². The highest BCUT2D eigenvalue weighted by Gasteiger charge is 2.09. The van der Waals surface area contributed by atoms with Gasteiger partial charge in [0.05, 0.1) is 0 Å². The fraction of sp³-hybridized carbons (Fsp3) is 0.294. The number of Topliss-reactive ketones (excluding diaryl/α,β-unsaturated/α-hetero) is 1. The molecule has 112 valence electrons. The normalized spacial score (nSPS) is 13.2. The van der Waals surface area contributed by atoms with Crippen molar-refractivity contribution in [1.29, 1.82) is 0 Å². The predicted octanol–water partition coefficient (Wildman–Crippen LogP) is 3.16. The lowest BCUT2D eigenvalue weighted by molar-refractivity contribution is -0.131. The Hall–Kier alpha value is -2.36. The average molecular weight is 287 g/mol. The zero-order valence-electron chi connectivity index (χ0n) is 12.8. The van der Waals surface area contributed by atoms with Crippen molar-refractivity contribution in [2.75, 3.05) is 19.0 Å². The minimum Gasteiger partial charge on any atom is -0.478 e. The Morgan fingerprint density at radius 3 is 2.24 bits per heavy atom. The van der Waals surface area contributed by atoms with Crippen molar-refractivity contribution in [3.05, 3.63) is 53.6 Å². The molecule has 0 saturated carbocycles. The number of allylic oxidation sites excluding steroid dienone is 3. The predicted molar refractivity (Wildman–Crippen MR) is 84.8 cm³/mol. The van der Waals surface area contributed by atoms with Gasteiger partial charge in [-0.25, -0.2) is 4.79 Å². The molecule has 0 bridgehead atoms. The Balaban J connectivity index is 2.84. The van der Waals surface area contributed by atoms with E-state index >= 15 is 0 Å². The van der Waals surface area contributed by atoms with E-state index < -0.39 is 5.97 Å². The number of hydrogen-bond donors (Lipinski definition) is 1. The lowest BCUT2D eigenvalue weighted by Crippen LogP contribution is -2.09. The molecular formula is C17H21NO3. The molecule has 0 aromatic heterocycles. The minimum absolute atomic E-state index is 0.0455. The number of benzene rings is 1. The van der Waals surface area contributed by atoms with Crippen LogP contribution in [-0.4, -0.2) is 31.0 Å². The summed E-state index contributed by atoms with van der Waals surface area (Å²) in [6.45, 7) is 3.58. The van der Waals surface area contributed by atoms with Gasteiger partial charge >= 0.3 is 5.97 Å². The van der Waals surface area contributed by atoms with Gasteiger partial charge in [-0.3, -0.25) is 4.79 Å². The Morgan fingerprint density at radius 2 is 1.76 bits per heavy atom. The van der Waals surface area contributed by atoms with Crippen LogP contribution in [0.25, 0.3) is 0 Å². The summed E-state index contributed by atoms with van der Waals surface area (Å²) in [5, 5.41) is 8.58. The molecule has 1 unspecified atom stereocenters. The lowest BCUT2D eigenvalue weighted by Gasteiger charge is -2.12. The van der Waals surface area contributed by atoms with Crippen LogP contribution in [0.5, 0.6) is 0 Å². The van der Waals surface area contributed by atoms with Crippen LogP contribution in [0.3, 0.4) is 0 Å². The van der Waals surface area contributed by atoms with Crippen LogP contribution in [0.2, 0.25) is 0 Å². The first-order chi connectivity index (χ1) is 9.81. The number of carboxylic acids is 1. The quantitative estimate of drug-likeness (QED) is 0.645. The maximum atomic E-state index is 12.3. The van der Waals surface area contributed by atoms with Gasteiger partial charge in [0.25, 0.3) is 0 Å². The fourth-order valence-electron chi connectivity index (χ4n) is 1.90. The van der Waals surface area contributed by atoms with Crippen molar-refractivity contribution in [1.82, 2.24) is 0 Å². The van der Waals surface area contributed by atoms with E-state index in [1.54, 1.807) is 31.2 Å². The van der Waals surface area contributed by atoms with Gasteiger partial charge in [-0.15, -0.1) is 0 Å². The number of carbonyl (C=O) groups is 2. The molecule has 0 fully saturated rings. The van der Waals surface area contributed by atoms with E-state index in [1.807, 2.05) is 38.1 Å².